The van der Waals surface area contributed by atoms with E-state index in [-0.39, 0.29) is 0 Å². The Morgan fingerprint density at radius 2 is 1.35 bits per heavy atom. The van der Waals surface area contributed by atoms with Crippen LogP contribution in [0, 0.1) is 0 Å². The van der Waals surface area contributed by atoms with E-state index in [1.807, 2.05) is 42.5 Å². The molecule has 1 aliphatic carbocycles. The standard InChI is InChI=1S/C22H20O/c23-22(20-12-5-2-6-13-20)16-19(17-9-3-1-4-10-17)15-18-11-7-8-14-21(18)22/h1-14,19,23H,15-16H2/t19-,22+/m1/s1. The molecule has 1 nitrogen and oxygen atoms in total. The van der Waals surface area contributed by atoms with E-state index in [0.717, 1.165) is 24.0 Å². The summed E-state index contributed by atoms with van der Waals surface area (Å²) in [5, 5.41) is 11.6. The molecule has 0 aromatic heterocycles. The van der Waals surface area contributed by atoms with Gasteiger partial charge in [-0.15, -0.1) is 0 Å². The van der Waals surface area contributed by atoms with Gasteiger partial charge < -0.3 is 5.11 Å². The second-order valence-electron chi connectivity index (χ2n) is 6.40. The van der Waals surface area contributed by atoms with E-state index in [1.54, 1.807) is 0 Å². The minimum atomic E-state index is -0.920. The molecule has 3 aromatic rings. The molecule has 23 heavy (non-hydrogen) atoms. The molecular weight excluding hydrogens is 280 g/mol. The first-order chi connectivity index (χ1) is 11.3. The van der Waals surface area contributed by atoms with Crippen LogP contribution in [0.15, 0.2) is 84.9 Å². The van der Waals surface area contributed by atoms with Gasteiger partial charge in [-0.05, 0) is 41.0 Å². The van der Waals surface area contributed by atoms with Gasteiger partial charge in [0.05, 0.1) is 0 Å². The molecule has 0 bridgehead atoms. The fraction of sp³-hybridized carbons (Fsp3) is 0.182. The van der Waals surface area contributed by atoms with Crippen LogP contribution in [0.1, 0.15) is 34.6 Å². The Morgan fingerprint density at radius 1 is 0.739 bits per heavy atom. The van der Waals surface area contributed by atoms with Crippen molar-refractivity contribution in [3.63, 3.8) is 0 Å². The van der Waals surface area contributed by atoms with Crippen molar-refractivity contribution < 1.29 is 5.11 Å². The van der Waals surface area contributed by atoms with Gasteiger partial charge in [0, 0.05) is 0 Å². The zero-order valence-corrected chi connectivity index (χ0v) is 13.0. The molecule has 1 heteroatoms. The molecule has 2 atom stereocenters. The maximum absolute atomic E-state index is 11.6. The third-order valence-electron chi connectivity index (χ3n) is 4.99. The molecule has 0 aliphatic heterocycles. The number of fused-ring (bicyclic) bond motifs is 1. The van der Waals surface area contributed by atoms with Crippen LogP contribution in [0.25, 0.3) is 0 Å². The lowest BCUT2D eigenvalue weighted by Gasteiger charge is -2.39. The van der Waals surface area contributed by atoms with E-state index in [9.17, 15) is 5.11 Å². The Hall–Kier alpha value is -2.38. The highest BCUT2D eigenvalue weighted by molar-refractivity contribution is 5.45. The third kappa shape index (κ3) is 2.47. The summed E-state index contributed by atoms with van der Waals surface area (Å²) in [6, 6.07) is 28.9. The number of hydrogen-bond donors (Lipinski definition) is 1. The summed E-state index contributed by atoms with van der Waals surface area (Å²) in [5.74, 6) is 0.330. The normalized spacial score (nSPS) is 23.3. The summed E-state index contributed by atoms with van der Waals surface area (Å²) in [7, 11) is 0. The van der Waals surface area contributed by atoms with Crippen LogP contribution in [0.2, 0.25) is 0 Å². The van der Waals surface area contributed by atoms with Gasteiger partial charge >= 0.3 is 0 Å². The molecule has 0 heterocycles. The maximum atomic E-state index is 11.6. The average Bonchev–Trinajstić information content (AvgIpc) is 2.63. The van der Waals surface area contributed by atoms with Gasteiger partial charge in [-0.2, -0.15) is 0 Å². The van der Waals surface area contributed by atoms with Crippen molar-refractivity contribution >= 4 is 0 Å². The van der Waals surface area contributed by atoms with Crippen molar-refractivity contribution in [3.05, 3.63) is 107 Å². The van der Waals surface area contributed by atoms with Gasteiger partial charge in [0.2, 0.25) is 0 Å². The summed E-state index contributed by atoms with van der Waals surface area (Å²) < 4.78 is 0. The van der Waals surface area contributed by atoms with Crippen molar-refractivity contribution in [2.45, 2.75) is 24.4 Å². The number of hydrogen-bond acceptors (Lipinski definition) is 1. The molecule has 0 spiro atoms. The van der Waals surface area contributed by atoms with Gasteiger partial charge in [-0.3, -0.25) is 0 Å². The molecule has 0 saturated heterocycles. The molecule has 1 N–H and O–H groups in total. The van der Waals surface area contributed by atoms with E-state index < -0.39 is 5.60 Å². The van der Waals surface area contributed by atoms with Crippen molar-refractivity contribution in [1.82, 2.24) is 0 Å². The van der Waals surface area contributed by atoms with E-state index in [0.29, 0.717) is 5.92 Å². The molecule has 114 valence electrons. The minimum Gasteiger partial charge on any atom is -0.380 e. The highest BCUT2D eigenvalue weighted by Gasteiger charge is 2.40. The first-order valence-corrected chi connectivity index (χ1v) is 8.18. The maximum Gasteiger partial charge on any atom is 0.115 e. The van der Waals surface area contributed by atoms with Gasteiger partial charge in [-0.1, -0.05) is 84.9 Å². The van der Waals surface area contributed by atoms with Gasteiger partial charge in [0.15, 0.2) is 0 Å². The van der Waals surface area contributed by atoms with Crippen molar-refractivity contribution in [1.29, 1.82) is 0 Å². The van der Waals surface area contributed by atoms with E-state index >= 15 is 0 Å². The molecule has 0 unspecified atom stereocenters. The monoisotopic (exact) mass is 300 g/mol. The molecular formula is C22H20O. The Balaban J connectivity index is 1.85. The fourth-order valence-corrected chi connectivity index (χ4v) is 3.85. The van der Waals surface area contributed by atoms with Crippen LogP contribution >= 0.6 is 0 Å². The van der Waals surface area contributed by atoms with Crippen LogP contribution in [-0.4, -0.2) is 5.11 Å². The summed E-state index contributed by atoms with van der Waals surface area (Å²) in [4.78, 5) is 0. The first-order valence-electron chi connectivity index (χ1n) is 8.18. The quantitative estimate of drug-likeness (QED) is 0.730. The van der Waals surface area contributed by atoms with Crippen LogP contribution in [-0.2, 0) is 12.0 Å². The van der Waals surface area contributed by atoms with Crippen molar-refractivity contribution in [2.24, 2.45) is 0 Å². The Labute approximate surface area is 137 Å². The molecule has 0 saturated carbocycles. The molecule has 1 aliphatic rings. The molecule has 0 fully saturated rings. The van der Waals surface area contributed by atoms with Gasteiger partial charge in [0.1, 0.15) is 5.60 Å². The van der Waals surface area contributed by atoms with E-state index in [1.165, 1.54) is 11.1 Å². The zero-order valence-electron chi connectivity index (χ0n) is 13.0. The fourth-order valence-electron chi connectivity index (χ4n) is 3.85. The molecule has 4 rings (SSSR count). The van der Waals surface area contributed by atoms with Gasteiger partial charge in [0.25, 0.3) is 0 Å². The third-order valence-corrected chi connectivity index (χ3v) is 4.99. The predicted molar refractivity (Wildman–Crippen MR) is 93.4 cm³/mol. The topological polar surface area (TPSA) is 20.2 Å². The average molecular weight is 300 g/mol. The lowest BCUT2D eigenvalue weighted by molar-refractivity contribution is 0.0544. The largest absolute Gasteiger partial charge is 0.380 e. The number of rotatable bonds is 2. The van der Waals surface area contributed by atoms with Crippen LogP contribution < -0.4 is 0 Å². The van der Waals surface area contributed by atoms with Crippen LogP contribution in [0.3, 0.4) is 0 Å². The van der Waals surface area contributed by atoms with Crippen molar-refractivity contribution in [3.8, 4) is 0 Å². The summed E-state index contributed by atoms with van der Waals surface area (Å²) in [6.45, 7) is 0. The number of benzene rings is 3. The Morgan fingerprint density at radius 3 is 2.09 bits per heavy atom. The molecule has 3 aromatic carbocycles. The van der Waals surface area contributed by atoms with Crippen molar-refractivity contribution in [2.75, 3.05) is 0 Å². The van der Waals surface area contributed by atoms with Gasteiger partial charge in [-0.25, -0.2) is 0 Å². The first kappa shape index (κ1) is 14.2. The van der Waals surface area contributed by atoms with Crippen LogP contribution in [0.4, 0.5) is 0 Å². The summed E-state index contributed by atoms with van der Waals surface area (Å²) in [6.07, 6.45) is 1.70. The van der Waals surface area contributed by atoms with Crippen LogP contribution in [0.5, 0.6) is 0 Å². The Kier molecular flexibility index (Phi) is 3.51. The second-order valence-corrected chi connectivity index (χ2v) is 6.40. The van der Waals surface area contributed by atoms with E-state index in [2.05, 4.69) is 42.5 Å². The Bertz CT molecular complexity index is 794. The highest BCUT2D eigenvalue weighted by atomic mass is 16.3. The summed E-state index contributed by atoms with van der Waals surface area (Å²) >= 11 is 0. The minimum absolute atomic E-state index is 0.330. The highest BCUT2D eigenvalue weighted by Crippen LogP contribution is 2.45. The SMILES string of the molecule is O[C@]1(c2ccccc2)C[C@H](c2ccccc2)Cc2ccccc21. The van der Waals surface area contributed by atoms with E-state index in [4.69, 9.17) is 0 Å². The zero-order chi connectivity index (χ0) is 15.7. The summed E-state index contributed by atoms with van der Waals surface area (Å²) in [5.41, 5.74) is 3.66. The predicted octanol–water partition coefficient (Wildman–Crippen LogP) is 4.65. The smallest absolute Gasteiger partial charge is 0.115 e. The molecule has 0 radical (unpaired) electrons. The molecule has 0 amide bonds. The second kappa shape index (κ2) is 5.68. The lowest BCUT2D eigenvalue weighted by atomic mass is 9.69. The lowest BCUT2D eigenvalue weighted by Crippen LogP contribution is -2.35. The number of aliphatic hydroxyl groups is 1.